The van der Waals surface area contributed by atoms with Gasteiger partial charge in [-0.05, 0) is 59.0 Å². The summed E-state index contributed by atoms with van der Waals surface area (Å²) in [6, 6.07) is 34.3. The molecule has 6 N–H and O–H groups in total. The molecule has 0 aliphatic carbocycles. The molecule has 1 aliphatic rings. The lowest BCUT2D eigenvalue weighted by molar-refractivity contribution is -0.118. The first-order valence-corrected chi connectivity index (χ1v) is 16.6. The van der Waals surface area contributed by atoms with Crippen LogP contribution in [0.1, 0.15) is 50.2 Å². The van der Waals surface area contributed by atoms with E-state index >= 15 is 0 Å². The van der Waals surface area contributed by atoms with Crippen molar-refractivity contribution in [3.8, 4) is 0 Å². The Labute approximate surface area is 283 Å². The minimum Gasteiger partial charge on any atom is -0.380 e. The zero-order valence-corrected chi connectivity index (χ0v) is 27.3. The van der Waals surface area contributed by atoms with Crippen LogP contribution in [0.2, 0.25) is 0 Å². The van der Waals surface area contributed by atoms with Gasteiger partial charge in [-0.15, -0.1) is 11.8 Å². The molecule has 6 rings (SSSR count). The maximum absolute atomic E-state index is 13.9. The number of carbonyl (C=O) groups is 3. The summed E-state index contributed by atoms with van der Waals surface area (Å²) in [7, 11) is 0. The highest BCUT2D eigenvalue weighted by atomic mass is 32.2. The molecule has 0 bridgehead atoms. The van der Waals surface area contributed by atoms with E-state index in [4.69, 9.17) is 11.5 Å². The van der Waals surface area contributed by atoms with E-state index in [1.807, 2.05) is 66.7 Å². The van der Waals surface area contributed by atoms with E-state index in [9.17, 15) is 14.4 Å². The van der Waals surface area contributed by atoms with E-state index in [1.54, 1.807) is 30.3 Å². The number of anilines is 2. The van der Waals surface area contributed by atoms with Gasteiger partial charge in [0.25, 0.3) is 11.8 Å². The van der Waals surface area contributed by atoms with Gasteiger partial charge in [-0.3, -0.25) is 14.4 Å². The number of aliphatic imine (C=N–C) groups is 1. The van der Waals surface area contributed by atoms with Gasteiger partial charge in [-0.1, -0.05) is 79.7 Å². The molecular formula is C38H36N6O3S. The predicted octanol–water partition coefficient (Wildman–Crippen LogP) is 6.04. The number of hydrogen-bond acceptors (Lipinski definition) is 6. The Kier molecular flexibility index (Phi) is 9.73. The molecule has 0 saturated heterocycles. The normalized spacial score (nSPS) is 12.9. The van der Waals surface area contributed by atoms with E-state index in [2.05, 4.69) is 34.7 Å². The molecule has 0 spiro atoms. The SMILES string of the molecule is CC(CNC(=O)CSc1cccc(N2C(=O)c3cccc4c(NCc5cccc(CN=C(N)N)c5)ccc(c34)C2=O)c1)c1ccccc1. The van der Waals surface area contributed by atoms with Crippen LogP contribution in [0.5, 0.6) is 0 Å². The minimum atomic E-state index is -0.391. The number of nitrogens with one attached hydrogen (secondary N) is 2. The fourth-order valence-electron chi connectivity index (χ4n) is 5.78. The van der Waals surface area contributed by atoms with Crippen molar-refractivity contribution in [1.82, 2.24) is 5.32 Å². The number of guanidine groups is 1. The second kappa shape index (κ2) is 14.4. The Bertz CT molecular complexity index is 2000. The number of carbonyl (C=O) groups excluding carboxylic acids is 3. The molecule has 1 heterocycles. The topological polar surface area (TPSA) is 143 Å². The molecule has 5 aromatic rings. The first-order valence-electron chi connectivity index (χ1n) is 15.6. The Morgan fingerprint density at radius 1 is 0.833 bits per heavy atom. The molecule has 3 amide bonds. The van der Waals surface area contributed by atoms with E-state index in [0.717, 1.165) is 27.1 Å². The Morgan fingerprint density at radius 3 is 2.35 bits per heavy atom. The fraction of sp³-hybridized carbons (Fsp3) is 0.158. The van der Waals surface area contributed by atoms with Gasteiger partial charge in [-0.2, -0.15) is 0 Å². The van der Waals surface area contributed by atoms with Crippen molar-refractivity contribution >= 4 is 57.6 Å². The molecule has 48 heavy (non-hydrogen) atoms. The van der Waals surface area contributed by atoms with Gasteiger partial charge in [-0.25, -0.2) is 9.89 Å². The van der Waals surface area contributed by atoms with E-state index in [-0.39, 0.29) is 23.5 Å². The van der Waals surface area contributed by atoms with Crippen LogP contribution >= 0.6 is 11.8 Å². The third kappa shape index (κ3) is 7.19. The van der Waals surface area contributed by atoms with Gasteiger partial charge in [0, 0.05) is 45.6 Å². The van der Waals surface area contributed by atoms with E-state index in [0.29, 0.717) is 41.8 Å². The molecule has 1 atom stereocenters. The summed E-state index contributed by atoms with van der Waals surface area (Å²) in [5.41, 5.74) is 16.3. The van der Waals surface area contributed by atoms with Crippen LogP contribution in [0.25, 0.3) is 10.8 Å². The summed E-state index contributed by atoms with van der Waals surface area (Å²) in [5, 5.41) is 7.89. The number of thioether (sulfide) groups is 1. The first-order chi connectivity index (χ1) is 23.3. The molecule has 1 unspecified atom stereocenters. The lowest BCUT2D eigenvalue weighted by atomic mass is 9.92. The second-order valence-electron chi connectivity index (χ2n) is 11.7. The fourth-order valence-corrected chi connectivity index (χ4v) is 6.56. The molecule has 242 valence electrons. The van der Waals surface area contributed by atoms with Crippen molar-refractivity contribution in [2.24, 2.45) is 16.5 Å². The summed E-state index contributed by atoms with van der Waals surface area (Å²) >= 11 is 1.36. The van der Waals surface area contributed by atoms with Crippen LogP contribution in [0.3, 0.4) is 0 Å². The Morgan fingerprint density at radius 2 is 1.56 bits per heavy atom. The maximum atomic E-state index is 13.9. The number of imide groups is 1. The highest BCUT2D eigenvalue weighted by molar-refractivity contribution is 8.00. The number of benzene rings is 5. The highest BCUT2D eigenvalue weighted by Gasteiger charge is 2.34. The van der Waals surface area contributed by atoms with Crippen LogP contribution in [-0.4, -0.2) is 36.0 Å². The van der Waals surface area contributed by atoms with Crippen molar-refractivity contribution in [3.05, 3.63) is 137 Å². The average molecular weight is 657 g/mol. The van der Waals surface area contributed by atoms with Crippen molar-refractivity contribution in [2.75, 3.05) is 22.5 Å². The molecule has 9 nitrogen and oxygen atoms in total. The van der Waals surface area contributed by atoms with Crippen molar-refractivity contribution in [1.29, 1.82) is 0 Å². The van der Waals surface area contributed by atoms with E-state index in [1.165, 1.54) is 22.2 Å². The van der Waals surface area contributed by atoms with Crippen molar-refractivity contribution in [2.45, 2.75) is 30.8 Å². The summed E-state index contributed by atoms with van der Waals surface area (Å²) in [6.45, 7) is 3.53. The Hall–Kier alpha value is -5.61. The van der Waals surface area contributed by atoms with Gasteiger partial charge in [0.2, 0.25) is 5.91 Å². The van der Waals surface area contributed by atoms with Crippen molar-refractivity contribution < 1.29 is 14.4 Å². The quantitative estimate of drug-likeness (QED) is 0.0555. The number of nitrogens with two attached hydrogens (primary N) is 2. The monoisotopic (exact) mass is 656 g/mol. The second-order valence-corrected chi connectivity index (χ2v) is 12.7. The zero-order valence-electron chi connectivity index (χ0n) is 26.5. The highest BCUT2D eigenvalue weighted by Crippen LogP contribution is 2.37. The average Bonchev–Trinajstić information content (AvgIpc) is 3.11. The summed E-state index contributed by atoms with van der Waals surface area (Å²) < 4.78 is 0. The summed E-state index contributed by atoms with van der Waals surface area (Å²) in [4.78, 5) is 46.5. The molecule has 0 saturated carbocycles. The third-order valence-corrected chi connectivity index (χ3v) is 9.24. The van der Waals surface area contributed by atoms with Crippen LogP contribution < -0.4 is 27.0 Å². The maximum Gasteiger partial charge on any atom is 0.265 e. The van der Waals surface area contributed by atoms with Gasteiger partial charge in [0.15, 0.2) is 5.96 Å². The molecule has 0 radical (unpaired) electrons. The van der Waals surface area contributed by atoms with Gasteiger partial charge in [0.1, 0.15) is 0 Å². The lowest BCUT2D eigenvalue weighted by Gasteiger charge is -2.28. The number of amides is 3. The van der Waals surface area contributed by atoms with Gasteiger partial charge >= 0.3 is 0 Å². The van der Waals surface area contributed by atoms with Crippen LogP contribution in [0, 0.1) is 0 Å². The summed E-state index contributed by atoms with van der Waals surface area (Å²) in [5.74, 6) is -0.414. The van der Waals surface area contributed by atoms with Crippen LogP contribution in [0.15, 0.2) is 119 Å². The first kappa shape index (κ1) is 32.3. The lowest BCUT2D eigenvalue weighted by Crippen LogP contribution is -2.40. The standard InChI is InChI=1S/C38H36N6O3S/c1-24(27-10-3-2-4-11-27)20-42-34(45)23-48-29-13-6-12-28(19-29)44-36(46)31-15-7-14-30-33(17-16-32(35(30)31)37(44)47)41-21-25-8-5-9-26(18-25)22-43-38(39)40/h2-19,24,41H,20-23H2,1H3,(H,42,45)(H4,39,40,43). The third-order valence-electron chi connectivity index (χ3n) is 8.25. The molecule has 0 fully saturated rings. The zero-order chi connectivity index (χ0) is 33.6. The van der Waals surface area contributed by atoms with Gasteiger partial charge < -0.3 is 22.1 Å². The number of rotatable bonds is 12. The molecular weight excluding hydrogens is 621 g/mol. The smallest absolute Gasteiger partial charge is 0.265 e. The molecule has 10 heteroatoms. The van der Waals surface area contributed by atoms with Crippen LogP contribution in [-0.2, 0) is 17.9 Å². The largest absolute Gasteiger partial charge is 0.380 e. The number of nitrogens with zero attached hydrogens (tertiary/aromatic N) is 2. The minimum absolute atomic E-state index is 0.0426. The van der Waals surface area contributed by atoms with E-state index < -0.39 is 11.8 Å². The molecule has 1 aliphatic heterocycles. The summed E-state index contributed by atoms with van der Waals surface area (Å²) in [6.07, 6.45) is 0. The molecule has 0 aromatic heterocycles. The number of hydrogen-bond donors (Lipinski definition) is 4. The Balaban J connectivity index is 1.15. The van der Waals surface area contributed by atoms with Crippen LogP contribution in [0.4, 0.5) is 11.4 Å². The predicted molar refractivity (Wildman–Crippen MR) is 193 cm³/mol. The van der Waals surface area contributed by atoms with Gasteiger partial charge in [0.05, 0.1) is 18.0 Å². The molecule has 5 aromatic carbocycles. The van der Waals surface area contributed by atoms with Crippen molar-refractivity contribution in [3.63, 3.8) is 0 Å².